The number of aliphatic carboxylic acids is 1. The maximum Gasteiger partial charge on any atom is 0.304 e. The van der Waals surface area contributed by atoms with E-state index in [1.54, 1.807) is 0 Å². The summed E-state index contributed by atoms with van der Waals surface area (Å²) < 4.78 is 5.34. The molecule has 0 bridgehead atoms. The molecule has 1 atom stereocenters. The lowest BCUT2D eigenvalue weighted by atomic mass is 9.84. The van der Waals surface area contributed by atoms with Crippen LogP contribution < -0.4 is 5.32 Å². The van der Waals surface area contributed by atoms with Gasteiger partial charge in [0.1, 0.15) is 0 Å². The van der Waals surface area contributed by atoms with Gasteiger partial charge in [-0.3, -0.25) is 4.79 Å². The first kappa shape index (κ1) is 18.9. The molecule has 0 spiro atoms. The van der Waals surface area contributed by atoms with E-state index >= 15 is 0 Å². The van der Waals surface area contributed by atoms with Crippen LogP contribution >= 0.6 is 0 Å². The third-order valence-electron chi connectivity index (χ3n) is 4.81. The van der Waals surface area contributed by atoms with Gasteiger partial charge in [0, 0.05) is 12.0 Å². The zero-order valence-electron chi connectivity index (χ0n) is 15.0. The molecule has 0 saturated heterocycles. The number of aromatic nitrogens is 2. The fraction of sp³-hybridized carbons (Fsp3) is 0.833. The number of rotatable bonds is 10. The molecule has 1 aliphatic rings. The van der Waals surface area contributed by atoms with E-state index in [1.165, 1.54) is 38.5 Å². The molecule has 1 aliphatic carbocycles. The highest BCUT2D eigenvalue weighted by Gasteiger charge is 2.23. The highest BCUT2D eigenvalue weighted by Crippen LogP contribution is 2.31. The quantitative estimate of drug-likeness (QED) is 0.673. The highest BCUT2D eigenvalue weighted by molar-refractivity contribution is 5.67. The highest BCUT2D eigenvalue weighted by atomic mass is 16.5. The van der Waals surface area contributed by atoms with Crippen LogP contribution in [0.15, 0.2) is 4.52 Å². The molecular weight excluding hydrogens is 306 g/mol. The smallest absolute Gasteiger partial charge is 0.304 e. The van der Waals surface area contributed by atoms with Gasteiger partial charge in [-0.1, -0.05) is 63.9 Å². The maximum atomic E-state index is 11.2. The van der Waals surface area contributed by atoms with Gasteiger partial charge in [-0.25, -0.2) is 0 Å². The molecule has 0 amide bonds. The van der Waals surface area contributed by atoms with Crippen LogP contribution in [0.1, 0.15) is 89.3 Å². The fourth-order valence-electron chi connectivity index (χ4n) is 3.45. The molecule has 136 valence electrons. The summed E-state index contributed by atoms with van der Waals surface area (Å²) in [5.41, 5.74) is 0. The lowest BCUT2D eigenvalue weighted by molar-refractivity contribution is -0.137. The standard InChI is InChI=1S/C18H31N3O3/c1-13(2)19-12-16-20-18(24-21-16)15(11-17(22)23)10-6-9-14-7-4-3-5-8-14/h13-15,19H,3-12H2,1-2H3,(H,22,23). The van der Waals surface area contributed by atoms with Gasteiger partial charge in [-0.2, -0.15) is 4.98 Å². The van der Waals surface area contributed by atoms with E-state index in [9.17, 15) is 9.90 Å². The van der Waals surface area contributed by atoms with Gasteiger partial charge < -0.3 is 14.9 Å². The van der Waals surface area contributed by atoms with Crippen molar-refractivity contribution in [2.75, 3.05) is 0 Å². The average molecular weight is 337 g/mol. The van der Waals surface area contributed by atoms with Gasteiger partial charge in [0.15, 0.2) is 5.82 Å². The summed E-state index contributed by atoms with van der Waals surface area (Å²) in [5.74, 6) is 0.907. The van der Waals surface area contributed by atoms with Crippen LogP contribution in [0, 0.1) is 5.92 Å². The zero-order chi connectivity index (χ0) is 17.4. The van der Waals surface area contributed by atoms with Gasteiger partial charge in [-0.15, -0.1) is 0 Å². The average Bonchev–Trinajstić information content (AvgIpc) is 3.01. The predicted molar refractivity (Wildman–Crippen MR) is 91.7 cm³/mol. The third kappa shape index (κ3) is 6.59. The van der Waals surface area contributed by atoms with Crippen LogP contribution in [-0.2, 0) is 11.3 Å². The van der Waals surface area contributed by atoms with Crippen LogP contribution in [0.25, 0.3) is 0 Å². The summed E-state index contributed by atoms with van der Waals surface area (Å²) >= 11 is 0. The number of nitrogens with one attached hydrogen (secondary N) is 1. The normalized spacial score (nSPS) is 17.3. The molecule has 1 aromatic rings. The Hall–Kier alpha value is -1.43. The number of hydrogen-bond acceptors (Lipinski definition) is 5. The molecule has 1 unspecified atom stereocenters. The molecule has 6 heteroatoms. The van der Waals surface area contributed by atoms with Gasteiger partial charge in [0.2, 0.25) is 5.89 Å². The van der Waals surface area contributed by atoms with E-state index in [0.717, 1.165) is 18.8 Å². The summed E-state index contributed by atoms with van der Waals surface area (Å²) in [7, 11) is 0. The second-order valence-electron chi connectivity index (χ2n) is 7.31. The largest absolute Gasteiger partial charge is 0.481 e. The Morgan fingerprint density at radius 2 is 2.08 bits per heavy atom. The summed E-state index contributed by atoms with van der Waals surface area (Å²) in [4.78, 5) is 15.6. The number of nitrogens with zero attached hydrogens (tertiary/aromatic N) is 2. The zero-order valence-corrected chi connectivity index (χ0v) is 15.0. The van der Waals surface area contributed by atoms with Crippen molar-refractivity contribution < 1.29 is 14.4 Å². The number of carboxylic acid groups (broad SMARTS) is 1. The van der Waals surface area contributed by atoms with Crippen LogP contribution in [0.2, 0.25) is 0 Å². The van der Waals surface area contributed by atoms with Crippen LogP contribution in [0.5, 0.6) is 0 Å². The second-order valence-corrected chi connectivity index (χ2v) is 7.31. The lowest BCUT2D eigenvalue weighted by Crippen LogP contribution is -2.22. The predicted octanol–water partition coefficient (Wildman–Crippen LogP) is 3.88. The minimum Gasteiger partial charge on any atom is -0.481 e. The van der Waals surface area contributed by atoms with Crippen LogP contribution in [0.4, 0.5) is 0 Å². The molecule has 24 heavy (non-hydrogen) atoms. The number of hydrogen-bond donors (Lipinski definition) is 2. The summed E-state index contributed by atoms with van der Waals surface area (Å²) in [5, 5.41) is 16.4. The van der Waals surface area contributed by atoms with Crippen molar-refractivity contribution in [1.29, 1.82) is 0 Å². The Bertz CT molecular complexity index is 495. The minimum absolute atomic E-state index is 0.0594. The first-order valence-corrected chi connectivity index (χ1v) is 9.32. The second kappa shape index (κ2) is 9.77. The molecule has 1 heterocycles. The topological polar surface area (TPSA) is 88.2 Å². The molecule has 1 aromatic heterocycles. The summed E-state index contributed by atoms with van der Waals surface area (Å²) in [6.07, 6.45) is 9.80. The molecule has 0 radical (unpaired) electrons. The molecule has 1 saturated carbocycles. The minimum atomic E-state index is -0.808. The summed E-state index contributed by atoms with van der Waals surface area (Å²) in [6, 6.07) is 0.345. The van der Waals surface area contributed by atoms with E-state index in [2.05, 4.69) is 29.3 Å². The van der Waals surface area contributed by atoms with E-state index in [4.69, 9.17) is 4.52 Å². The molecule has 1 fully saturated rings. The molecule has 0 aromatic carbocycles. The van der Waals surface area contributed by atoms with Crippen molar-refractivity contribution in [3.63, 3.8) is 0 Å². The van der Waals surface area contributed by atoms with Crippen LogP contribution in [-0.4, -0.2) is 27.3 Å². The summed E-state index contributed by atoms with van der Waals surface area (Å²) in [6.45, 7) is 4.65. The maximum absolute atomic E-state index is 11.2. The third-order valence-corrected chi connectivity index (χ3v) is 4.81. The lowest BCUT2D eigenvalue weighted by Gasteiger charge is -2.21. The molecule has 2 rings (SSSR count). The van der Waals surface area contributed by atoms with Gasteiger partial charge in [0.25, 0.3) is 0 Å². The van der Waals surface area contributed by atoms with Crippen molar-refractivity contribution in [1.82, 2.24) is 15.5 Å². The molecule has 2 N–H and O–H groups in total. The van der Waals surface area contributed by atoms with Crippen molar-refractivity contribution in [2.45, 2.75) is 90.1 Å². The molecule has 6 nitrogen and oxygen atoms in total. The van der Waals surface area contributed by atoms with Crippen molar-refractivity contribution in [2.24, 2.45) is 5.92 Å². The van der Waals surface area contributed by atoms with E-state index in [1.807, 2.05) is 0 Å². The van der Waals surface area contributed by atoms with Crippen molar-refractivity contribution >= 4 is 5.97 Å². The van der Waals surface area contributed by atoms with E-state index < -0.39 is 5.97 Å². The van der Waals surface area contributed by atoms with Gasteiger partial charge in [-0.05, 0) is 12.3 Å². The first-order valence-electron chi connectivity index (χ1n) is 9.32. The van der Waals surface area contributed by atoms with Crippen LogP contribution in [0.3, 0.4) is 0 Å². The van der Waals surface area contributed by atoms with Gasteiger partial charge in [0.05, 0.1) is 13.0 Å². The SMILES string of the molecule is CC(C)NCc1noc(C(CCCC2CCCCC2)CC(=O)O)n1. The monoisotopic (exact) mass is 337 g/mol. The van der Waals surface area contributed by atoms with Crippen molar-refractivity contribution in [3.05, 3.63) is 11.7 Å². The van der Waals surface area contributed by atoms with Crippen molar-refractivity contribution in [3.8, 4) is 0 Å². The molecular formula is C18H31N3O3. The Kier molecular flexibility index (Phi) is 7.69. The first-order chi connectivity index (χ1) is 11.5. The Morgan fingerprint density at radius 3 is 2.75 bits per heavy atom. The number of carboxylic acids is 1. The Balaban J connectivity index is 1.86. The molecule has 0 aliphatic heterocycles. The Morgan fingerprint density at radius 1 is 1.33 bits per heavy atom. The fourth-order valence-corrected chi connectivity index (χ4v) is 3.45. The Labute approximate surface area is 144 Å². The van der Waals surface area contributed by atoms with E-state index in [-0.39, 0.29) is 12.3 Å². The number of carbonyl (C=O) groups is 1. The van der Waals surface area contributed by atoms with Gasteiger partial charge >= 0.3 is 5.97 Å². The van der Waals surface area contributed by atoms with E-state index in [0.29, 0.717) is 24.3 Å².